The topological polar surface area (TPSA) is 73.9 Å². The smallest absolute Gasteiger partial charge is 0.351 e. The fourth-order valence-electron chi connectivity index (χ4n) is 3.14. The van der Waals surface area contributed by atoms with Crippen molar-refractivity contribution in [1.29, 1.82) is 0 Å². The molecule has 6 heteroatoms. The van der Waals surface area contributed by atoms with Crippen molar-refractivity contribution >= 4 is 11.9 Å². The van der Waals surface area contributed by atoms with E-state index in [1.165, 1.54) is 6.42 Å². The molecule has 24 heavy (non-hydrogen) atoms. The molecule has 3 rings (SSSR count). The first-order valence-corrected chi connectivity index (χ1v) is 8.48. The van der Waals surface area contributed by atoms with E-state index in [4.69, 9.17) is 14.2 Å². The predicted octanol–water partition coefficient (Wildman–Crippen LogP) is 2.06. The van der Waals surface area contributed by atoms with Crippen LogP contribution in [0.15, 0.2) is 24.3 Å². The summed E-state index contributed by atoms with van der Waals surface area (Å²) in [5.41, 5.74) is 0. The van der Waals surface area contributed by atoms with Crippen LogP contribution in [0.25, 0.3) is 0 Å². The minimum Gasteiger partial charge on any atom is -0.485 e. The van der Waals surface area contributed by atoms with Gasteiger partial charge in [-0.2, -0.15) is 0 Å². The summed E-state index contributed by atoms with van der Waals surface area (Å²) in [5, 5.41) is 2.95. The molecule has 1 aliphatic carbocycles. The molecule has 1 heterocycles. The number of benzene rings is 1. The van der Waals surface area contributed by atoms with Gasteiger partial charge in [0.1, 0.15) is 6.61 Å². The highest BCUT2D eigenvalue weighted by molar-refractivity contribution is 5.82. The molecule has 1 N–H and O–H groups in total. The van der Waals surface area contributed by atoms with Gasteiger partial charge >= 0.3 is 5.97 Å². The van der Waals surface area contributed by atoms with Crippen LogP contribution in [0.4, 0.5) is 0 Å². The third kappa shape index (κ3) is 3.99. The van der Waals surface area contributed by atoms with E-state index in [0.29, 0.717) is 17.4 Å². The zero-order valence-electron chi connectivity index (χ0n) is 13.8. The average molecular weight is 333 g/mol. The Morgan fingerprint density at radius 2 is 1.96 bits per heavy atom. The van der Waals surface area contributed by atoms with Gasteiger partial charge in [-0.1, -0.05) is 31.9 Å². The minimum atomic E-state index is -0.846. The van der Waals surface area contributed by atoms with Crippen LogP contribution in [-0.2, 0) is 14.3 Å². The summed E-state index contributed by atoms with van der Waals surface area (Å²) in [6, 6.07) is 7.30. The highest BCUT2D eigenvalue weighted by Gasteiger charge is 2.29. The molecule has 130 valence electrons. The normalized spacial score (nSPS) is 25.6. The SMILES string of the molecule is C[C@@H]1CCCC[C@@H]1NC(=O)COC(=O)[C@@H]1COc2ccccc2O1. The summed E-state index contributed by atoms with van der Waals surface area (Å²) in [4.78, 5) is 24.0. The summed E-state index contributed by atoms with van der Waals surface area (Å²) in [5.74, 6) is 0.720. The lowest BCUT2D eigenvalue weighted by atomic mass is 9.86. The van der Waals surface area contributed by atoms with Crippen molar-refractivity contribution in [2.75, 3.05) is 13.2 Å². The van der Waals surface area contributed by atoms with E-state index in [9.17, 15) is 9.59 Å². The second-order valence-electron chi connectivity index (χ2n) is 6.41. The van der Waals surface area contributed by atoms with Crippen LogP contribution in [0.5, 0.6) is 11.5 Å². The molecule has 1 amide bonds. The second-order valence-corrected chi connectivity index (χ2v) is 6.41. The van der Waals surface area contributed by atoms with Crippen molar-refractivity contribution in [2.45, 2.75) is 44.8 Å². The Kier molecular flexibility index (Phi) is 5.23. The number of amides is 1. The third-order valence-corrected chi connectivity index (χ3v) is 4.57. The number of hydrogen-bond acceptors (Lipinski definition) is 5. The lowest BCUT2D eigenvalue weighted by Crippen LogP contribution is -2.44. The van der Waals surface area contributed by atoms with Gasteiger partial charge in [0.25, 0.3) is 5.91 Å². The lowest BCUT2D eigenvalue weighted by molar-refractivity contribution is -0.158. The van der Waals surface area contributed by atoms with Crippen LogP contribution in [0.2, 0.25) is 0 Å². The van der Waals surface area contributed by atoms with Crippen LogP contribution < -0.4 is 14.8 Å². The van der Waals surface area contributed by atoms with Crippen LogP contribution in [0.1, 0.15) is 32.6 Å². The van der Waals surface area contributed by atoms with Crippen LogP contribution in [0.3, 0.4) is 0 Å². The molecule has 3 atom stereocenters. The van der Waals surface area contributed by atoms with Gasteiger partial charge in [-0.05, 0) is 30.9 Å². The molecule has 1 aromatic rings. The van der Waals surface area contributed by atoms with Gasteiger partial charge < -0.3 is 19.5 Å². The van der Waals surface area contributed by atoms with Gasteiger partial charge in [-0.3, -0.25) is 4.79 Å². The van der Waals surface area contributed by atoms with E-state index in [2.05, 4.69) is 12.2 Å². The standard InChI is InChI=1S/C18H23NO5/c1-12-6-2-3-7-13(12)19-17(20)11-23-18(21)16-10-22-14-8-4-5-9-15(14)24-16/h4-5,8-9,12-13,16H,2-3,6-7,10-11H2,1H3,(H,19,20)/t12-,13+,16+/m1/s1. The number of para-hydroxylation sites is 2. The molecule has 1 fully saturated rings. The zero-order chi connectivity index (χ0) is 16.9. The van der Waals surface area contributed by atoms with Gasteiger partial charge in [0.15, 0.2) is 18.1 Å². The lowest BCUT2D eigenvalue weighted by Gasteiger charge is -2.29. The maximum atomic E-state index is 12.1. The molecule has 0 spiro atoms. The summed E-state index contributed by atoms with van der Waals surface area (Å²) in [6.07, 6.45) is 3.60. The highest BCUT2D eigenvalue weighted by atomic mass is 16.6. The maximum Gasteiger partial charge on any atom is 0.351 e. The summed E-state index contributed by atoms with van der Waals surface area (Å²) in [7, 11) is 0. The molecule has 2 aliphatic rings. The number of fused-ring (bicyclic) bond motifs is 1. The van der Waals surface area contributed by atoms with Gasteiger partial charge in [0.05, 0.1) is 0 Å². The Balaban J connectivity index is 1.45. The van der Waals surface area contributed by atoms with Crippen molar-refractivity contribution in [2.24, 2.45) is 5.92 Å². The summed E-state index contributed by atoms with van der Waals surface area (Å²) < 4.78 is 16.1. The largest absolute Gasteiger partial charge is 0.485 e. The van der Waals surface area contributed by atoms with Gasteiger partial charge in [-0.25, -0.2) is 4.79 Å². The number of carbonyl (C=O) groups excluding carboxylic acids is 2. The quantitative estimate of drug-likeness (QED) is 0.854. The number of rotatable bonds is 4. The van der Waals surface area contributed by atoms with Crippen molar-refractivity contribution in [3.05, 3.63) is 24.3 Å². The molecule has 0 bridgehead atoms. The highest BCUT2D eigenvalue weighted by Crippen LogP contribution is 2.31. The van der Waals surface area contributed by atoms with Gasteiger partial charge in [0.2, 0.25) is 6.10 Å². The van der Waals surface area contributed by atoms with Crippen molar-refractivity contribution in [3.63, 3.8) is 0 Å². The zero-order valence-corrected chi connectivity index (χ0v) is 13.8. The molecule has 1 aliphatic heterocycles. The van der Waals surface area contributed by atoms with E-state index >= 15 is 0 Å². The second kappa shape index (κ2) is 7.55. The molecule has 6 nitrogen and oxygen atoms in total. The molecule has 0 saturated heterocycles. The van der Waals surface area contributed by atoms with Gasteiger partial charge in [-0.15, -0.1) is 0 Å². The van der Waals surface area contributed by atoms with E-state index in [0.717, 1.165) is 19.3 Å². The molecule has 0 radical (unpaired) electrons. The monoisotopic (exact) mass is 333 g/mol. The Hall–Kier alpha value is -2.24. The molecule has 1 saturated carbocycles. The van der Waals surface area contributed by atoms with Crippen LogP contribution in [-0.4, -0.2) is 37.2 Å². The summed E-state index contributed by atoms with van der Waals surface area (Å²) in [6.45, 7) is 1.93. The van der Waals surface area contributed by atoms with Crippen LogP contribution >= 0.6 is 0 Å². The fourth-order valence-corrected chi connectivity index (χ4v) is 3.14. The number of ether oxygens (including phenoxy) is 3. The Morgan fingerprint density at radius 1 is 1.21 bits per heavy atom. The van der Waals surface area contributed by atoms with Crippen molar-refractivity contribution in [1.82, 2.24) is 5.32 Å². The first kappa shape index (κ1) is 16.6. The maximum absolute atomic E-state index is 12.1. The Bertz CT molecular complexity index is 603. The van der Waals surface area contributed by atoms with Gasteiger partial charge in [0, 0.05) is 6.04 Å². The number of hydrogen-bond donors (Lipinski definition) is 1. The minimum absolute atomic E-state index is 0.0805. The predicted molar refractivity (Wildman–Crippen MR) is 86.9 cm³/mol. The van der Waals surface area contributed by atoms with E-state index in [-0.39, 0.29) is 25.2 Å². The molecule has 1 aromatic carbocycles. The molecular formula is C18H23NO5. The molecule has 0 aromatic heterocycles. The van der Waals surface area contributed by atoms with Crippen LogP contribution in [0, 0.1) is 5.92 Å². The van der Waals surface area contributed by atoms with E-state index in [1.807, 2.05) is 6.07 Å². The van der Waals surface area contributed by atoms with Crippen molar-refractivity contribution in [3.8, 4) is 11.5 Å². The summed E-state index contributed by atoms with van der Waals surface area (Å²) >= 11 is 0. The van der Waals surface area contributed by atoms with Crippen molar-refractivity contribution < 1.29 is 23.8 Å². The van der Waals surface area contributed by atoms with E-state index in [1.54, 1.807) is 18.2 Å². The average Bonchev–Trinajstić information content (AvgIpc) is 2.61. The fraction of sp³-hybridized carbons (Fsp3) is 0.556. The molecule has 0 unspecified atom stereocenters. The van der Waals surface area contributed by atoms with E-state index < -0.39 is 12.1 Å². The first-order valence-electron chi connectivity index (χ1n) is 8.48. The third-order valence-electron chi connectivity index (χ3n) is 4.57. The Labute approximate surface area is 141 Å². The first-order chi connectivity index (χ1) is 11.6. The Morgan fingerprint density at radius 3 is 2.75 bits per heavy atom. The number of nitrogens with one attached hydrogen (secondary N) is 1. The number of carbonyl (C=O) groups is 2. The molecular weight excluding hydrogens is 310 g/mol. The number of esters is 1.